The highest BCUT2D eigenvalue weighted by atomic mass is 16.5. The summed E-state index contributed by atoms with van der Waals surface area (Å²) in [7, 11) is 0. The molecule has 0 aromatic heterocycles. The van der Waals surface area contributed by atoms with Gasteiger partial charge >= 0.3 is 6.09 Å². The molecular formula is C23H20N2O4. The molecule has 3 aromatic rings. The lowest BCUT2D eigenvalue weighted by atomic mass is 9.94. The Morgan fingerprint density at radius 1 is 0.828 bits per heavy atom. The molecule has 0 unspecified atom stereocenters. The highest BCUT2D eigenvalue weighted by Crippen LogP contribution is 2.42. The quantitative estimate of drug-likeness (QED) is 0.694. The average Bonchev–Trinajstić information content (AvgIpc) is 2.77. The van der Waals surface area contributed by atoms with Crippen LogP contribution in [-0.4, -0.2) is 18.5 Å². The van der Waals surface area contributed by atoms with E-state index in [-0.39, 0.29) is 25.1 Å². The number of rotatable bonds is 5. The predicted octanol–water partition coefficient (Wildman–Crippen LogP) is 3.92. The summed E-state index contributed by atoms with van der Waals surface area (Å²) in [6.07, 6.45) is -0.642. The summed E-state index contributed by atoms with van der Waals surface area (Å²) < 4.78 is 11.1. The number of fused-ring (bicyclic) bond motifs is 2. The molecule has 146 valence electrons. The molecule has 6 heteroatoms. The number of carbonyl (C=O) groups is 2. The first kappa shape index (κ1) is 18.6. The summed E-state index contributed by atoms with van der Waals surface area (Å²) in [5.74, 6) is 1.08. The fourth-order valence-electron chi connectivity index (χ4n) is 3.20. The smallest absolute Gasteiger partial charge is 0.407 e. The first-order valence-electron chi connectivity index (χ1n) is 9.30. The monoisotopic (exact) mass is 388 g/mol. The molecule has 0 atom stereocenters. The van der Waals surface area contributed by atoms with Crippen molar-refractivity contribution in [3.63, 3.8) is 0 Å². The summed E-state index contributed by atoms with van der Waals surface area (Å²) in [5.41, 5.74) is 2.61. The minimum atomic E-state index is -0.642. The molecule has 29 heavy (non-hydrogen) atoms. The number of benzene rings is 3. The van der Waals surface area contributed by atoms with Crippen LogP contribution in [0, 0.1) is 0 Å². The van der Waals surface area contributed by atoms with Crippen LogP contribution in [0.5, 0.6) is 11.5 Å². The van der Waals surface area contributed by atoms with Crippen LogP contribution in [-0.2, 0) is 16.1 Å². The summed E-state index contributed by atoms with van der Waals surface area (Å²) in [6, 6.07) is 24.1. The number of nitrogens with one attached hydrogen (secondary N) is 2. The van der Waals surface area contributed by atoms with Crippen LogP contribution in [0.2, 0.25) is 0 Å². The highest BCUT2D eigenvalue weighted by molar-refractivity contribution is 5.83. The molecule has 6 nitrogen and oxygen atoms in total. The maximum absolute atomic E-state index is 12.5. The predicted molar refractivity (Wildman–Crippen MR) is 108 cm³/mol. The van der Waals surface area contributed by atoms with Crippen LogP contribution in [0.4, 0.5) is 4.79 Å². The highest BCUT2D eigenvalue weighted by Gasteiger charge is 2.28. The van der Waals surface area contributed by atoms with Gasteiger partial charge in [0.05, 0.1) is 6.04 Å². The van der Waals surface area contributed by atoms with Crippen LogP contribution in [0.3, 0.4) is 0 Å². The number of amides is 2. The molecular weight excluding hydrogens is 368 g/mol. The van der Waals surface area contributed by atoms with E-state index in [0.717, 1.165) is 16.7 Å². The van der Waals surface area contributed by atoms with Crippen LogP contribution in [0.25, 0.3) is 0 Å². The molecule has 0 saturated carbocycles. The van der Waals surface area contributed by atoms with Gasteiger partial charge in [-0.1, -0.05) is 66.7 Å². The van der Waals surface area contributed by atoms with Crippen LogP contribution in [0.1, 0.15) is 22.7 Å². The van der Waals surface area contributed by atoms with E-state index in [9.17, 15) is 9.59 Å². The fourth-order valence-corrected chi connectivity index (χ4v) is 3.20. The third-order valence-electron chi connectivity index (χ3n) is 4.59. The Kier molecular flexibility index (Phi) is 5.42. The van der Waals surface area contributed by atoms with Crippen LogP contribution >= 0.6 is 0 Å². The normalized spacial score (nSPS) is 12.1. The second-order valence-corrected chi connectivity index (χ2v) is 6.59. The Hall–Kier alpha value is -3.80. The minimum Gasteiger partial charge on any atom is -0.457 e. The number of ether oxygens (including phenoxy) is 2. The molecule has 0 saturated heterocycles. The molecule has 0 bridgehead atoms. The Labute approximate surface area is 168 Å². The molecule has 0 spiro atoms. The van der Waals surface area contributed by atoms with Gasteiger partial charge in [-0.05, 0) is 17.7 Å². The lowest BCUT2D eigenvalue weighted by Crippen LogP contribution is -2.39. The SMILES string of the molecule is O=C(CNC(=O)OCc1ccccc1)NC1c2ccccc2Oc2ccccc21. The van der Waals surface area contributed by atoms with Crippen LogP contribution in [0.15, 0.2) is 78.9 Å². The Morgan fingerprint density at radius 3 is 2.07 bits per heavy atom. The zero-order valence-electron chi connectivity index (χ0n) is 15.6. The van der Waals surface area contributed by atoms with Gasteiger partial charge in [-0.3, -0.25) is 4.79 Å². The summed E-state index contributed by atoms with van der Waals surface area (Å²) in [6.45, 7) is -0.0374. The van der Waals surface area contributed by atoms with Gasteiger partial charge in [0, 0.05) is 11.1 Å². The molecule has 1 heterocycles. The van der Waals surface area contributed by atoms with E-state index < -0.39 is 6.09 Å². The van der Waals surface area contributed by atoms with Crippen molar-refractivity contribution in [3.05, 3.63) is 95.6 Å². The van der Waals surface area contributed by atoms with Crippen molar-refractivity contribution in [2.45, 2.75) is 12.6 Å². The number of para-hydroxylation sites is 2. The third kappa shape index (κ3) is 4.38. The van der Waals surface area contributed by atoms with Crippen molar-refractivity contribution in [2.24, 2.45) is 0 Å². The van der Waals surface area contributed by atoms with Crippen molar-refractivity contribution in [2.75, 3.05) is 6.54 Å². The Morgan fingerprint density at radius 2 is 1.41 bits per heavy atom. The molecule has 0 fully saturated rings. The molecule has 3 aromatic carbocycles. The molecule has 2 amide bonds. The van der Waals surface area contributed by atoms with E-state index in [4.69, 9.17) is 9.47 Å². The Bertz CT molecular complexity index is 975. The average molecular weight is 388 g/mol. The molecule has 1 aliphatic rings. The van der Waals surface area contributed by atoms with Gasteiger partial charge in [0.15, 0.2) is 0 Å². The van der Waals surface area contributed by atoms with Crippen molar-refractivity contribution < 1.29 is 19.1 Å². The largest absolute Gasteiger partial charge is 0.457 e. The van der Waals surface area contributed by atoms with Crippen molar-refractivity contribution >= 4 is 12.0 Å². The number of alkyl carbamates (subject to hydrolysis) is 1. The third-order valence-corrected chi connectivity index (χ3v) is 4.59. The molecule has 2 N–H and O–H groups in total. The minimum absolute atomic E-state index is 0.148. The zero-order chi connectivity index (χ0) is 20.1. The van der Waals surface area contributed by atoms with E-state index in [2.05, 4.69) is 10.6 Å². The van der Waals surface area contributed by atoms with Crippen molar-refractivity contribution in [1.82, 2.24) is 10.6 Å². The number of hydrogen-bond donors (Lipinski definition) is 2. The van der Waals surface area contributed by atoms with E-state index in [1.165, 1.54) is 0 Å². The van der Waals surface area contributed by atoms with Gasteiger partial charge in [0.1, 0.15) is 24.7 Å². The van der Waals surface area contributed by atoms with E-state index in [1.807, 2.05) is 78.9 Å². The van der Waals surface area contributed by atoms with E-state index in [0.29, 0.717) is 11.5 Å². The lowest BCUT2D eigenvalue weighted by Gasteiger charge is -2.28. The lowest BCUT2D eigenvalue weighted by molar-refractivity contribution is -0.120. The standard InChI is InChI=1S/C23H20N2O4/c26-21(14-24-23(27)28-15-16-8-2-1-3-9-16)25-22-17-10-4-6-12-19(17)29-20-13-7-5-11-18(20)22/h1-13,22H,14-15H2,(H,24,27)(H,25,26). The number of hydrogen-bond acceptors (Lipinski definition) is 4. The van der Waals surface area contributed by atoms with Crippen LogP contribution < -0.4 is 15.4 Å². The van der Waals surface area contributed by atoms with Gasteiger partial charge in [-0.25, -0.2) is 4.79 Å². The molecule has 0 aliphatic carbocycles. The van der Waals surface area contributed by atoms with Gasteiger partial charge in [0.25, 0.3) is 0 Å². The topological polar surface area (TPSA) is 76.7 Å². The zero-order valence-corrected chi connectivity index (χ0v) is 15.6. The van der Waals surface area contributed by atoms with E-state index in [1.54, 1.807) is 0 Å². The summed E-state index contributed by atoms with van der Waals surface area (Å²) in [5, 5.41) is 5.46. The summed E-state index contributed by atoms with van der Waals surface area (Å²) >= 11 is 0. The maximum atomic E-state index is 12.5. The van der Waals surface area contributed by atoms with Gasteiger partial charge in [-0.15, -0.1) is 0 Å². The van der Waals surface area contributed by atoms with Gasteiger partial charge in [-0.2, -0.15) is 0 Å². The van der Waals surface area contributed by atoms with Crippen molar-refractivity contribution in [3.8, 4) is 11.5 Å². The number of carbonyl (C=O) groups excluding carboxylic acids is 2. The fraction of sp³-hybridized carbons (Fsp3) is 0.130. The van der Waals surface area contributed by atoms with E-state index >= 15 is 0 Å². The molecule has 4 rings (SSSR count). The second-order valence-electron chi connectivity index (χ2n) is 6.59. The first-order valence-corrected chi connectivity index (χ1v) is 9.30. The summed E-state index contributed by atoms with van der Waals surface area (Å²) in [4.78, 5) is 24.4. The first-order chi connectivity index (χ1) is 14.2. The van der Waals surface area contributed by atoms with Gasteiger partial charge < -0.3 is 20.1 Å². The molecule has 1 aliphatic heterocycles. The second kappa shape index (κ2) is 8.48. The maximum Gasteiger partial charge on any atom is 0.407 e. The van der Waals surface area contributed by atoms with Crippen molar-refractivity contribution in [1.29, 1.82) is 0 Å². The molecule has 0 radical (unpaired) electrons. The Balaban J connectivity index is 1.37. The van der Waals surface area contributed by atoms with Gasteiger partial charge in [0.2, 0.25) is 5.91 Å².